The smallest absolute Gasteiger partial charge is 0.0904 e. The molecule has 4 heteroatoms. The summed E-state index contributed by atoms with van der Waals surface area (Å²) in [6, 6.07) is 0. The van der Waals surface area contributed by atoms with Crippen LogP contribution in [0.25, 0.3) is 0 Å². The summed E-state index contributed by atoms with van der Waals surface area (Å²) in [6.45, 7) is 2.20. The fraction of sp³-hybridized carbons (Fsp3) is 1.00. The molecule has 0 rings (SSSR count). The van der Waals surface area contributed by atoms with Crippen LogP contribution < -0.4 is 0 Å². The van der Waals surface area contributed by atoms with Gasteiger partial charge in [0, 0.05) is 10.2 Å². The average Bonchev–Trinajstić information content (AvgIpc) is 1.87. The van der Waals surface area contributed by atoms with E-state index in [2.05, 4.69) is 70.6 Å². The summed E-state index contributed by atoms with van der Waals surface area (Å²) in [5, 5.41) is 0.922. The van der Waals surface area contributed by atoms with Gasteiger partial charge in [-0.15, -0.1) is 0 Å². The molecule has 0 saturated heterocycles. The van der Waals surface area contributed by atoms with Gasteiger partial charge in [0.2, 0.25) is 0 Å². The average molecular weight is 416 g/mol. The lowest BCUT2D eigenvalue weighted by Gasteiger charge is -2.20. The lowest BCUT2D eigenvalue weighted by Crippen LogP contribution is -2.18. The predicted octanol–water partition coefficient (Wildman–Crippen LogP) is 4.82. The molecule has 0 bridgehead atoms. The molecule has 68 valence electrons. The summed E-state index contributed by atoms with van der Waals surface area (Å²) in [5.41, 5.74) is 0. The maximum Gasteiger partial charge on any atom is 0.0912 e. The summed E-state index contributed by atoms with van der Waals surface area (Å²) >= 11 is 14.3. The Labute approximate surface area is 102 Å². The van der Waals surface area contributed by atoms with Crippen LogP contribution in [0.15, 0.2) is 0 Å². The molecule has 0 heterocycles. The highest BCUT2D eigenvalue weighted by Crippen LogP contribution is 2.36. The quantitative estimate of drug-likeness (QED) is 0.565. The van der Waals surface area contributed by atoms with Crippen molar-refractivity contribution in [3.05, 3.63) is 0 Å². The number of hydrogen-bond donors (Lipinski definition) is 0. The Morgan fingerprint density at radius 2 is 1.91 bits per heavy atom. The van der Waals surface area contributed by atoms with E-state index in [1.54, 1.807) is 0 Å². The standard InChI is InChI=1S/C7H12Br4/c1-2-3-6(9)4-7(10,11)5-8/h6H,2-5H2,1H3. The highest BCUT2D eigenvalue weighted by atomic mass is 79.9. The Kier molecular flexibility index (Phi) is 7.50. The van der Waals surface area contributed by atoms with Crippen molar-refractivity contribution in [1.29, 1.82) is 0 Å². The molecular weight excluding hydrogens is 404 g/mol. The topological polar surface area (TPSA) is 0 Å². The van der Waals surface area contributed by atoms with E-state index >= 15 is 0 Å². The molecule has 0 nitrogen and oxygen atoms in total. The normalized spacial score (nSPS) is 15.0. The Bertz CT molecular complexity index is 103. The summed E-state index contributed by atoms with van der Waals surface area (Å²) in [4.78, 5) is 0.601. The molecule has 11 heavy (non-hydrogen) atoms. The van der Waals surface area contributed by atoms with E-state index in [1.165, 1.54) is 12.8 Å². The molecular formula is C7H12Br4. The van der Waals surface area contributed by atoms with Gasteiger partial charge in [-0.3, -0.25) is 0 Å². The molecule has 0 N–H and O–H groups in total. The fourth-order valence-corrected chi connectivity index (χ4v) is 3.68. The summed E-state index contributed by atoms with van der Waals surface area (Å²) in [7, 11) is 0. The summed E-state index contributed by atoms with van der Waals surface area (Å²) < 4.78 is 0.0589. The van der Waals surface area contributed by atoms with E-state index in [0.29, 0.717) is 4.83 Å². The Morgan fingerprint density at radius 3 is 2.27 bits per heavy atom. The number of halogens is 4. The molecule has 0 aromatic heterocycles. The first-order chi connectivity index (χ1) is 5.02. The van der Waals surface area contributed by atoms with Crippen molar-refractivity contribution in [2.75, 3.05) is 5.33 Å². The third kappa shape index (κ3) is 7.03. The van der Waals surface area contributed by atoms with Gasteiger partial charge in [-0.05, 0) is 12.8 Å². The third-order valence-electron chi connectivity index (χ3n) is 1.32. The molecule has 1 atom stereocenters. The number of alkyl halides is 4. The molecule has 0 spiro atoms. The molecule has 0 radical (unpaired) electrons. The Hall–Kier alpha value is 1.92. The van der Waals surface area contributed by atoms with Crippen molar-refractivity contribution in [3.8, 4) is 0 Å². The fourth-order valence-electron chi connectivity index (χ4n) is 0.794. The van der Waals surface area contributed by atoms with Crippen LogP contribution in [0.1, 0.15) is 26.2 Å². The molecule has 0 aliphatic heterocycles. The molecule has 0 aliphatic carbocycles. The zero-order valence-corrected chi connectivity index (χ0v) is 12.8. The minimum absolute atomic E-state index is 0.0589. The van der Waals surface area contributed by atoms with Crippen LogP contribution in [-0.2, 0) is 0 Å². The zero-order chi connectivity index (χ0) is 8.91. The van der Waals surface area contributed by atoms with Crippen LogP contribution in [0, 0.1) is 0 Å². The van der Waals surface area contributed by atoms with Crippen molar-refractivity contribution in [3.63, 3.8) is 0 Å². The van der Waals surface area contributed by atoms with Crippen LogP contribution in [-0.4, -0.2) is 13.4 Å². The van der Waals surface area contributed by atoms with Crippen LogP contribution in [0.4, 0.5) is 0 Å². The van der Waals surface area contributed by atoms with Gasteiger partial charge in [-0.25, -0.2) is 0 Å². The van der Waals surface area contributed by atoms with Gasteiger partial charge in [0.1, 0.15) is 0 Å². The highest BCUT2D eigenvalue weighted by Gasteiger charge is 2.24. The monoisotopic (exact) mass is 412 g/mol. The van der Waals surface area contributed by atoms with Crippen molar-refractivity contribution in [2.24, 2.45) is 0 Å². The SMILES string of the molecule is CCCC(Br)CC(Br)(Br)CBr. The van der Waals surface area contributed by atoms with Crippen molar-refractivity contribution < 1.29 is 0 Å². The van der Waals surface area contributed by atoms with Crippen molar-refractivity contribution >= 4 is 63.7 Å². The first kappa shape index (κ1) is 12.9. The largest absolute Gasteiger partial charge is 0.0912 e. The van der Waals surface area contributed by atoms with E-state index in [0.717, 1.165) is 11.8 Å². The lowest BCUT2D eigenvalue weighted by molar-refractivity contribution is 0.685. The molecule has 0 fully saturated rings. The van der Waals surface area contributed by atoms with Crippen LogP contribution in [0.5, 0.6) is 0 Å². The summed E-state index contributed by atoms with van der Waals surface area (Å²) in [5.74, 6) is 0. The number of rotatable bonds is 5. The van der Waals surface area contributed by atoms with E-state index < -0.39 is 0 Å². The highest BCUT2D eigenvalue weighted by molar-refractivity contribution is 9.26. The first-order valence-corrected chi connectivity index (χ1v) is 7.22. The van der Waals surface area contributed by atoms with E-state index in [4.69, 9.17) is 0 Å². The lowest BCUT2D eigenvalue weighted by atomic mass is 10.2. The van der Waals surface area contributed by atoms with E-state index in [9.17, 15) is 0 Å². The second kappa shape index (κ2) is 6.39. The number of hydrogen-bond acceptors (Lipinski definition) is 0. The molecule has 0 aromatic rings. The second-order valence-electron chi connectivity index (χ2n) is 2.58. The molecule has 0 aliphatic rings. The van der Waals surface area contributed by atoms with E-state index in [-0.39, 0.29) is 3.23 Å². The summed E-state index contributed by atoms with van der Waals surface area (Å²) in [6.07, 6.45) is 3.55. The minimum atomic E-state index is 0.0589. The van der Waals surface area contributed by atoms with Gasteiger partial charge >= 0.3 is 0 Å². The van der Waals surface area contributed by atoms with E-state index in [1.807, 2.05) is 0 Å². The van der Waals surface area contributed by atoms with Gasteiger partial charge in [-0.1, -0.05) is 77.1 Å². The van der Waals surface area contributed by atoms with Gasteiger partial charge in [0.05, 0.1) is 3.23 Å². The molecule has 1 unspecified atom stereocenters. The van der Waals surface area contributed by atoms with Gasteiger partial charge in [0.25, 0.3) is 0 Å². The molecule has 0 aromatic carbocycles. The Morgan fingerprint density at radius 1 is 1.36 bits per heavy atom. The molecule has 0 saturated carbocycles. The van der Waals surface area contributed by atoms with Crippen LogP contribution in [0.3, 0.4) is 0 Å². The third-order valence-corrected chi connectivity index (χ3v) is 5.77. The van der Waals surface area contributed by atoms with Gasteiger partial charge in [-0.2, -0.15) is 0 Å². The van der Waals surface area contributed by atoms with Gasteiger partial charge < -0.3 is 0 Å². The maximum atomic E-state index is 3.63. The van der Waals surface area contributed by atoms with Crippen molar-refractivity contribution in [2.45, 2.75) is 34.2 Å². The molecule has 0 amide bonds. The minimum Gasteiger partial charge on any atom is -0.0904 e. The Balaban J connectivity index is 3.64. The van der Waals surface area contributed by atoms with Crippen molar-refractivity contribution in [1.82, 2.24) is 0 Å². The maximum absolute atomic E-state index is 3.63. The zero-order valence-electron chi connectivity index (χ0n) is 6.42. The van der Waals surface area contributed by atoms with Gasteiger partial charge in [0.15, 0.2) is 0 Å². The van der Waals surface area contributed by atoms with Crippen LogP contribution in [0.2, 0.25) is 0 Å². The predicted molar refractivity (Wildman–Crippen MR) is 66.6 cm³/mol. The van der Waals surface area contributed by atoms with Crippen LogP contribution >= 0.6 is 63.7 Å². The first-order valence-electron chi connectivity index (χ1n) is 3.59. The second-order valence-corrected chi connectivity index (χ2v) is 8.54.